The maximum atomic E-state index is 11.6. The van der Waals surface area contributed by atoms with Gasteiger partial charge in [0.05, 0.1) is 7.11 Å². The summed E-state index contributed by atoms with van der Waals surface area (Å²) in [5.74, 6) is -0.263. The molecule has 0 aliphatic carbocycles. The Balaban J connectivity index is 2.08. The Morgan fingerprint density at radius 1 is 1.44 bits per heavy atom. The lowest BCUT2D eigenvalue weighted by molar-refractivity contribution is 0.0564. The van der Waals surface area contributed by atoms with Gasteiger partial charge < -0.3 is 9.15 Å². The van der Waals surface area contributed by atoms with Gasteiger partial charge in [-0.25, -0.2) is 9.78 Å². The van der Waals surface area contributed by atoms with Crippen molar-refractivity contribution in [2.45, 2.75) is 0 Å². The molecule has 92 valence electrons. The van der Waals surface area contributed by atoms with E-state index in [1.165, 1.54) is 36.7 Å². The van der Waals surface area contributed by atoms with E-state index in [-0.39, 0.29) is 11.5 Å². The molecule has 0 saturated heterocycles. The van der Waals surface area contributed by atoms with E-state index in [2.05, 4.69) is 9.72 Å². The number of ether oxygens (including phenoxy) is 1. The van der Waals surface area contributed by atoms with Gasteiger partial charge in [-0.3, -0.25) is 4.79 Å². The van der Waals surface area contributed by atoms with Gasteiger partial charge in [-0.2, -0.15) is 0 Å². The minimum Gasteiger partial charge on any atom is -0.463 e. The molecule has 2 heterocycles. The summed E-state index contributed by atoms with van der Waals surface area (Å²) >= 11 is 1.26. The molecule has 6 heteroatoms. The highest BCUT2D eigenvalue weighted by molar-refractivity contribution is 7.11. The van der Waals surface area contributed by atoms with E-state index in [1.54, 1.807) is 17.6 Å². The predicted molar refractivity (Wildman–Crippen MR) is 65.5 cm³/mol. The number of thiazole rings is 1. The second-order valence-electron chi connectivity index (χ2n) is 3.23. The Hall–Kier alpha value is -2.21. The van der Waals surface area contributed by atoms with Gasteiger partial charge in [0, 0.05) is 11.6 Å². The van der Waals surface area contributed by atoms with Crippen LogP contribution in [0.25, 0.3) is 6.08 Å². The van der Waals surface area contributed by atoms with Crippen molar-refractivity contribution in [2.24, 2.45) is 0 Å². The van der Waals surface area contributed by atoms with E-state index < -0.39 is 5.97 Å². The summed E-state index contributed by atoms with van der Waals surface area (Å²) in [4.78, 5) is 26.6. The van der Waals surface area contributed by atoms with Crippen LogP contribution in [0.5, 0.6) is 0 Å². The van der Waals surface area contributed by atoms with Crippen LogP contribution in [0.4, 0.5) is 0 Å². The first-order chi connectivity index (χ1) is 8.70. The highest BCUT2D eigenvalue weighted by atomic mass is 32.1. The summed E-state index contributed by atoms with van der Waals surface area (Å²) in [6.07, 6.45) is 4.39. The molecule has 0 spiro atoms. The van der Waals surface area contributed by atoms with Crippen molar-refractivity contribution in [1.29, 1.82) is 0 Å². The maximum Gasteiger partial charge on any atom is 0.373 e. The first-order valence-corrected chi connectivity index (χ1v) is 5.88. The molecule has 0 aliphatic rings. The molecular formula is C12H9NO4S. The second-order valence-corrected chi connectivity index (χ2v) is 4.12. The molecule has 5 nitrogen and oxygen atoms in total. The summed E-state index contributed by atoms with van der Waals surface area (Å²) in [5, 5.41) is 2.13. The molecule has 0 bridgehead atoms. The minimum atomic E-state index is -0.555. The number of rotatable bonds is 4. The summed E-state index contributed by atoms with van der Waals surface area (Å²) in [6.45, 7) is 0. The zero-order valence-corrected chi connectivity index (χ0v) is 10.3. The number of allylic oxidation sites excluding steroid dienone is 1. The zero-order valence-electron chi connectivity index (χ0n) is 9.45. The number of nitrogens with zero attached hydrogens (tertiary/aromatic N) is 1. The number of methoxy groups -OCH3 is 1. The van der Waals surface area contributed by atoms with Gasteiger partial charge in [-0.05, 0) is 24.3 Å². The first kappa shape index (κ1) is 12.3. The van der Waals surface area contributed by atoms with Crippen LogP contribution in [0.1, 0.15) is 26.1 Å². The molecular weight excluding hydrogens is 254 g/mol. The normalized spacial score (nSPS) is 10.7. The van der Waals surface area contributed by atoms with Gasteiger partial charge in [0.1, 0.15) is 5.76 Å². The van der Waals surface area contributed by atoms with E-state index in [9.17, 15) is 9.59 Å². The molecule has 0 aliphatic heterocycles. The number of aromatic nitrogens is 1. The Morgan fingerprint density at radius 2 is 2.28 bits per heavy atom. The van der Waals surface area contributed by atoms with Crippen molar-refractivity contribution >= 4 is 29.2 Å². The molecule has 0 aromatic carbocycles. The van der Waals surface area contributed by atoms with E-state index in [0.29, 0.717) is 10.8 Å². The topological polar surface area (TPSA) is 69.4 Å². The molecule has 0 N–H and O–H groups in total. The number of hydrogen-bond donors (Lipinski definition) is 0. The standard InChI is InChI=1S/C12H9NO4S/c1-16-12(15)10-5-3-8(17-10)2-4-9(14)11-13-6-7-18-11/h2-7H,1H3. The van der Waals surface area contributed by atoms with Crippen LogP contribution in [0.2, 0.25) is 0 Å². The van der Waals surface area contributed by atoms with Crippen LogP contribution in [0, 0.1) is 0 Å². The number of esters is 1. The Morgan fingerprint density at radius 3 is 2.94 bits per heavy atom. The molecule has 0 radical (unpaired) electrons. The Labute approximate surface area is 107 Å². The molecule has 2 aromatic heterocycles. The van der Waals surface area contributed by atoms with Gasteiger partial charge in [-0.1, -0.05) is 0 Å². The third-order valence-electron chi connectivity index (χ3n) is 2.06. The highest BCUT2D eigenvalue weighted by Crippen LogP contribution is 2.12. The number of carbonyl (C=O) groups is 2. The Kier molecular flexibility index (Phi) is 3.69. The van der Waals surface area contributed by atoms with Crippen LogP contribution >= 0.6 is 11.3 Å². The average Bonchev–Trinajstić information content (AvgIpc) is 3.05. The summed E-state index contributed by atoms with van der Waals surface area (Å²) in [5.41, 5.74) is 0. The lowest BCUT2D eigenvalue weighted by Gasteiger charge is -1.91. The minimum absolute atomic E-state index is 0.0962. The van der Waals surface area contributed by atoms with E-state index in [4.69, 9.17) is 4.42 Å². The van der Waals surface area contributed by atoms with Gasteiger partial charge in [0.25, 0.3) is 0 Å². The monoisotopic (exact) mass is 263 g/mol. The van der Waals surface area contributed by atoms with E-state index in [1.807, 2.05) is 0 Å². The summed E-state index contributed by atoms with van der Waals surface area (Å²) in [7, 11) is 1.27. The van der Waals surface area contributed by atoms with Crippen LogP contribution < -0.4 is 0 Å². The third kappa shape index (κ3) is 2.72. The number of hydrogen-bond acceptors (Lipinski definition) is 6. The van der Waals surface area contributed by atoms with Crippen molar-refractivity contribution in [3.8, 4) is 0 Å². The fraction of sp³-hybridized carbons (Fsp3) is 0.0833. The molecule has 0 unspecified atom stereocenters. The van der Waals surface area contributed by atoms with Crippen LogP contribution in [0.3, 0.4) is 0 Å². The lowest BCUT2D eigenvalue weighted by Crippen LogP contribution is -1.98. The molecule has 0 atom stereocenters. The molecule has 0 amide bonds. The second kappa shape index (κ2) is 5.42. The molecule has 2 rings (SSSR count). The van der Waals surface area contributed by atoms with Gasteiger partial charge in [0.15, 0.2) is 5.01 Å². The van der Waals surface area contributed by atoms with E-state index in [0.717, 1.165) is 0 Å². The van der Waals surface area contributed by atoms with E-state index >= 15 is 0 Å². The zero-order chi connectivity index (χ0) is 13.0. The largest absolute Gasteiger partial charge is 0.463 e. The lowest BCUT2D eigenvalue weighted by atomic mass is 10.3. The summed E-state index contributed by atoms with van der Waals surface area (Å²) in [6, 6.07) is 3.07. The Bertz CT molecular complexity index is 583. The molecule has 0 saturated carbocycles. The van der Waals surface area contributed by atoms with Crippen molar-refractivity contribution in [3.63, 3.8) is 0 Å². The van der Waals surface area contributed by atoms with Crippen LogP contribution in [-0.2, 0) is 4.74 Å². The van der Waals surface area contributed by atoms with Gasteiger partial charge in [-0.15, -0.1) is 11.3 Å². The fourth-order valence-corrected chi connectivity index (χ4v) is 1.78. The van der Waals surface area contributed by atoms with Crippen molar-refractivity contribution in [2.75, 3.05) is 7.11 Å². The number of furan rings is 1. The average molecular weight is 263 g/mol. The van der Waals surface area contributed by atoms with Gasteiger partial charge >= 0.3 is 5.97 Å². The SMILES string of the molecule is COC(=O)c1ccc(C=CC(=O)c2nccs2)o1. The van der Waals surface area contributed by atoms with Gasteiger partial charge in [0.2, 0.25) is 11.5 Å². The highest BCUT2D eigenvalue weighted by Gasteiger charge is 2.10. The third-order valence-corrected chi connectivity index (χ3v) is 2.84. The number of carbonyl (C=O) groups excluding carboxylic acids is 2. The quantitative estimate of drug-likeness (QED) is 0.481. The van der Waals surface area contributed by atoms with Crippen molar-refractivity contribution in [1.82, 2.24) is 4.98 Å². The smallest absolute Gasteiger partial charge is 0.373 e. The number of ketones is 1. The van der Waals surface area contributed by atoms with Crippen molar-refractivity contribution in [3.05, 3.63) is 46.3 Å². The predicted octanol–water partition coefficient (Wildman–Crippen LogP) is 2.42. The summed E-state index contributed by atoms with van der Waals surface area (Å²) < 4.78 is 9.68. The molecule has 0 fully saturated rings. The van der Waals surface area contributed by atoms with Crippen molar-refractivity contribution < 1.29 is 18.7 Å². The van der Waals surface area contributed by atoms with Crippen LogP contribution in [0.15, 0.2) is 34.2 Å². The fourth-order valence-electron chi connectivity index (χ4n) is 1.23. The first-order valence-electron chi connectivity index (χ1n) is 5.01. The maximum absolute atomic E-state index is 11.6. The molecule has 2 aromatic rings. The van der Waals surface area contributed by atoms with Crippen LogP contribution in [-0.4, -0.2) is 23.8 Å². The molecule has 18 heavy (non-hydrogen) atoms.